The third-order valence-corrected chi connectivity index (χ3v) is 7.71. The second kappa shape index (κ2) is 7.87. The number of amides is 1. The molecule has 1 amide bonds. The Morgan fingerprint density at radius 1 is 1.19 bits per heavy atom. The molecule has 0 bridgehead atoms. The van der Waals surface area contributed by atoms with Crippen LogP contribution in [-0.2, 0) is 14.6 Å². The first-order chi connectivity index (χ1) is 12.3. The fourth-order valence-electron chi connectivity index (χ4n) is 4.22. The highest BCUT2D eigenvalue weighted by Gasteiger charge is 2.38. The van der Waals surface area contributed by atoms with E-state index in [0.29, 0.717) is 29.6 Å². The zero-order valence-electron chi connectivity index (χ0n) is 15.4. The third-order valence-electron chi connectivity index (χ3n) is 5.69. The number of sulfone groups is 1. The number of piperazine rings is 1. The minimum atomic E-state index is -2.85. The molecule has 0 unspecified atom stereocenters. The first-order valence-corrected chi connectivity index (χ1v) is 11.6. The average Bonchev–Trinajstić information content (AvgIpc) is 2.96. The molecule has 5 nitrogen and oxygen atoms in total. The van der Waals surface area contributed by atoms with Gasteiger partial charge in [-0.05, 0) is 23.6 Å². The molecule has 2 aliphatic heterocycles. The fourth-order valence-corrected chi connectivity index (χ4v) is 6.17. The number of quaternary nitrogens is 1. The summed E-state index contributed by atoms with van der Waals surface area (Å²) in [6.07, 6.45) is 0.755. The van der Waals surface area contributed by atoms with Gasteiger partial charge in [-0.2, -0.15) is 0 Å². The number of carbonyl (C=O) groups is 1. The van der Waals surface area contributed by atoms with E-state index in [9.17, 15) is 13.2 Å². The molecule has 144 valence electrons. The molecule has 1 aromatic carbocycles. The highest BCUT2D eigenvalue weighted by Crippen LogP contribution is 2.28. The van der Waals surface area contributed by atoms with Gasteiger partial charge in [0.1, 0.15) is 11.8 Å². The predicted molar refractivity (Wildman–Crippen MR) is 103 cm³/mol. The van der Waals surface area contributed by atoms with Gasteiger partial charge >= 0.3 is 0 Å². The van der Waals surface area contributed by atoms with E-state index < -0.39 is 9.84 Å². The van der Waals surface area contributed by atoms with Crippen LogP contribution in [0.25, 0.3) is 0 Å². The molecule has 2 atom stereocenters. The van der Waals surface area contributed by atoms with Crippen molar-refractivity contribution in [3.8, 4) is 0 Å². The molecule has 1 N–H and O–H groups in total. The van der Waals surface area contributed by atoms with Crippen molar-refractivity contribution in [3.05, 3.63) is 34.9 Å². The Labute approximate surface area is 161 Å². The maximum absolute atomic E-state index is 13.1. The summed E-state index contributed by atoms with van der Waals surface area (Å²) in [5.74, 6) is 0.820. The van der Waals surface area contributed by atoms with Gasteiger partial charge in [-0.15, -0.1) is 0 Å². The molecule has 26 heavy (non-hydrogen) atoms. The van der Waals surface area contributed by atoms with Gasteiger partial charge in [-0.25, -0.2) is 8.42 Å². The summed E-state index contributed by atoms with van der Waals surface area (Å²) in [4.78, 5) is 16.4. The van der Waals surface area contributed by atoms with Crippen LogP contribution >= 0.6 is 11.6 Å². The van der Waals surface area contributed by atoms with Crippen LogP contribution in [0.1, 0.15) is 31.7 Å². The maximum Gasteiger partial charge on any atom is 0.230 e. The van der Waals surface area contributed by atoms with E-state index in [1.807, 2.05) is 29.2 Å². The Balaban J connectivity index is 1.64. The van der Waals surface area contributed by atoms with Gasteiger partial charge in [-0.1, -0.05) is 37.6 Å². The first-order valence-electron chi connectivity index (χ1n) is 9.36. The first kappa shape index (κ1) is 19.6. The van der Waals surface area contributed by atoms with Crippen molar-refractivity contribution in [2.75, 3.05) is 37.7 Å². The summed E-state index contributed by atoms with van der Waals surface area (Å²) in [5, 5.41) is 0.674. The quantitative estimate of drug-likeness (QED) is 0.821. The molecule has 2 fully saturated rings. The molecular weight excluding hydrogens is 372 g/mol. The molecule has 3 rings (SSSR count). The lowest BCUT2D eigenvalue weighted by atomic mass is 9.87. The van der Waals surface area contributed by atoms with Crippen LogP contribution in [0.2, 0.25) is 5.02 Å². The van der Waals surface area contributed by atoms with Gasteiger partial charge in [0.2, 0.25) is 5.91 Å². The minimum Gasteiger partial charge on any atom is -0.331 e. The molecule has 0 aliphatic carbocycles. The van der Waals surface area contributed by atoms with Crippen LogP contribution in [0, 0.1) is 5.92 Å². The van der Waals surface area contributed by atoms with Crippen molar-refractivity contribution in [2.45, 2.75) is 32.2 Å². The van der Waals surface area contributed by atoms with Crippen molar-refractivity contribution in [3.63, 3.8) is 0 Å². The lowest BCUT2D eigenvalue weighted by Gasteiger charge is -2.37. The number of nitrogens with zero attached hydrogens (tertiary/aromatic N) is 1. The smallest absolute Gasteiger partial charge is 0.230 e. The highest BCUT2D eigenvalue weighted by molar-refractivity contribution is 7.91. The lowest BCUT2D eigenvalue weighted by molar-refractivity contribution is -0.925. The molecule has 7 heteroatoms. The van der Waals surface area contributed by atoms with Gasteiger partial charge in [0, 0.05) is 11.4 Å². The fraction of sp³-hybridized carbons (Fsp3) is 0.632. The Kier molecular flexibility index (Phi) is 5.94. The third kappa shape index (κ3) is 4.41. The van der Waals surface area contributed by atoms with E-state index in [0.717, 1.165) is 25.1 Å². The zero-order valence-corrected chi connectivity index (χ0v) is 17.0. The van der Waals surface area contributed by atoms with Crippen molar-refractivity contribution < 1.29 is 18.1 Å². The van der Waals surface area contributed by atoms with Crippen LogP contribution in [0.5, 0.6) is 0 Å². The highest BCUT2D eigenvalue weighted by atomic mass is 35.5. The predicted octanol–water partition coefficient (Wildman–Crippen LogP) is 0.994. The molecule has 0 radical (unpaired) electrons. The number of halogens is 1. The summed E-state index contributed by atoms with van der Waals surface area (Å²) in [5.41, 5.74) is 1.01. The van der Waals surface area contributed by atoms with Crippen LogP contribution in [-0.4, -0.2) is 63.0 Å². The normalized spacial score (nSPS) is 24.8. The van der Waals surface area contributed by atoms with E-state index >= 15 is 0 Å². The van der Waals surface area contributed by atoms with E-state index in [-0.39, 0.29) is 23.8 Å². The van der Waals surface area contributed by atoms with Crippen LogP contribution in [0.3, 0.4) is 0 Å². The van der Waals surface area contributed by atoms with E-state index in [2.05, 4.69) is 13.8 Å². The Morgan fingerprint density at radius 2 is 1.81 bits per heavy atom. The largest absolute Gasteiger partial charge is 0.331 e. The number of hydrogen-bond donors (Lipinski definition) is 1. The number of rotatable bonds is 4. The summed E-state index contributed by atoms with van der Waals surface area (Å²) >= 11 is 5.98. The van der Waals surface area contributed by atoms with Crippen molar-refractivity contribution in [2.24, 2.45) is 5.92 Å². The Morgan fingerprint density at radius 3 is 2.31 bits per heavy atom. The van der Waals surface area contributed by atoms with Gasteiger partial charge < -0.3 is 9.80 Å². The monoisotopic (exact) mass is 399 g/mol. The average molecular weight is 400 g/mol. The topological polar surface area (TPSA) is 58.9 Å². The number of hydrogen-bond acceptors (Lipinski definition) is 3. The van der Waals surface area contributed by atoms with E-state index in [1.54, 1.807) is 0 Å². The van der Waals surface area contributed by atoms with Crippen molar-refractivity contribution >= 4 is 27.3 Å². The van der Waals surface area contributed by atoms with Gasteiger partial charge in [0.15, 0.2) is 9.84 Å². The second-order valence-electron chi connectivity index (χ2n) is 7.86. The van der Waals surface area contributed by atoms with Gasteiger partial charge in [0.05, 0.1) is 37.8 Å². The molecule has 1 aromatic rings. The second-order valence-corrected chi connectivity index (χ2v) is 10.5. The molecule has 2 saturated heterocycles. The van der Waals surface area contributed by atoms with Crippen molar-refractivity contribution in [1.29, 1.82) is 0 Å². The summed E-state index contributed by atoms with van der Waals surface area (Å²) in [7, 11) is -2.85. The SMILES string of the molecule is CC(C)[C@@H](C(=O)N1CC[NH+]([C@@H]2CCS(=O)(=O)C2)CC1)c1ccc(Cl)cc1. The van der Waals surface area contributed by atoms with Crippen LogP contribution in [0.4, 0.5) is 0 Å². The summed E-state index contributed by atoms with van der Waals surface area (Å²) in [6.45, 7) is 7.20. The van der Waals surface area contributed by atoms with Gasteiger partial charge in [0.25, 0.3) is 0 Å². The standard InChI is InChI=1S/C19H27ClN2O3S/c1-14(2)18(15-3-5-16(20)6-4-15)19(23)22-10-8-21(9-11-22)17-7-12-26(24,25)13-17/h3-6,14,17-18H,7-13H2,1-2H3/p+1/t17-,18-/m1/s1. The minimum absolute atomic E-state index is 0.166. The number of nitrogens with one attached hydrogen (secondary N) is 1. The molecule has 0 aromatic heterocycles. The Bertz CT molecular complexity index is 741. The molecular formula is C19H28ClN2O3S+. The summed E-state index contributed by atoms with van der Waals surface area (Å²) < 4.78 is 23.4. The molecule has 2 aliphatic rings. The summed E-state index contributed by atoms with van der Waals surface area (Å²) in [6, 6.07) is 7.75. The molecule has 2 heterocycles. The van der Waals surface area contributed by atoms with E-state index in [1.165, 1.54) is 4.90 Å². The van der Waals surface area contributed by atoms with Crippen LogP contribution in [0.15, 0.2) is 24.3 Å². The number of benzene rings is 1. The zero-order chi connectivity index (χ0) is 18.9. The molecule has 0 spiro atoms. The maximum atomic E-state index is 13.1. The van der Waals surface area contributed by atoms with Gasteiger partial charge in [-0.3, -0.25) is 4.79 Å². The Hall–Kier alpha value is -1.11. The lowest BCUT2D eigenvalue weighted by Crippen LogP contribution is -3.18. The molecule has 0 saturated carbocycles. The van der Waals surface area contributed by atoms with Crippen molar-refractivity contribution in [1.82, 2.24) is 4.90 Å². The van der Waals surface area contributed by atoms with Crippen LogP contribution < -0.4 is 4.90 Å². The van der Waals surface area contributed by atoms with E-state index in [4.69, 9.17) is 11.6 Å². The number of carbonyl (C=O) groups excluding carboxylic acids is 1.